The Morgan fingerprint density at radius 1 is 1.11 bits per heavy atom. The molecule has 36 heavy (non-hydrogen) atoms. The average molecular weight is 509 g/mol. The van der Waals surface area contributed by atoms with Gasteiger partial charge < -0.3 is 20.1 Å². The summed E-state index contributed by atoms with van der Waals surface area (Å²) in [5, 5.41) is 29.1. The number of amides is 1. The second-order valence-electron chi connectivity index (χ2n) is 8.31. The van der Waals surface area contributed by atoms with Crippen LogP contribution in [-0.4, -0.2) is 57.8 Å². The first-order valence-electron chi connectivity index (χ1n) is 11.3. The fourth-order valence-electron chi connectivity index (χ4n) is 3.46. The van der Waals surface area contributed by atoms with E-state index in [0.29, 0.717) is 41.5 Å². The van der Waals surface area contributed by atoms with E-state index in [1.54, 1.807) is 54.7 Å². The number of rotatable bonds is 10. The van der Waals surface area contributed by atoms with E-state index in [1.165, 1.54) is 13.1 Å². The third-order valence-corrected chi connectivity index (χ3v) is 5.57. The molecule has 188 valence electrons. The number of benzene rings is 1. The van der Waals surface area contributed by atoms with Crippen LogP contribution >= 0.6 is 11.6 Å². The lowest BCUT2D eigenvalue weighted by molar-refractivity contribution is 0.0785. The normalized spacial score (nSPS) is 11.6. The summed E-state index contributed by atoms with van der Waals surface area (Å²) >= 11 is 5.77. The van der Waals surface area contributed by atoms with Crippen molar-refractivity contribution >= 4 is 29.3 Å². The second kappa shape index (κ2) is 12.9. The van der Waals surface area contributed by atoms with Gasteiger partial charge >= 0.3 is 0 Å². The lowest BCUT2D eigenvalue weighted by Crippen LogP contribution is -2.26. The highest BCUT2D eigenvalue weighted by Crippen LogP contribution is 2.14. The lowest BCUT2D eigenvalue weighted by Gasteiger charge is -2.18. The van der Waals surface area contributed by atoms with Crippen LogP contribution in [0.15, 0.2) is 61.1 Å². The Balaban J connectivity index is 1.48. The summed E-state index contributed by atoms with van der Waals surface area (Å²) < 4.78 is 5.02. The van der Waals surface area contributed by atoms with Gasteiger partial charge in [0.15, 0.2) is 5.90 Å². The summed E-state index contributed by atoms with van der Waals surface area (Å²) in [6.45, 7) is 2.83. The molecule has 3 rings (SSSR count). The number of nitrogens with zero attached hydrogens (tertiary/aromatic N) is 3. The van der Waals surface area contributed by atoms with Gasteiger partial charge in [0.05, 0.1) is 11.7 Å². The van der Waals surface area contributed by atoms with Gasteiger partial charge in [0.1, 0.15) is 5.15 Å². The molecular weight excluding hydrogens is 480 g/mol. The Hall–Kier alpha value is -3.66. The van der Waals surface area contributed by atoms with Gasteiger partial charge in [-0.05, 0) is 48.4 Å². The minimum atomic E-state index is -0.667. The summed E-state index contributed by atoms with van der Waals surface area (Å²) in [5.74, 6) is -0.371. The minimum Gasteiger partial charge on any atom is -0.425 e. The number of aliphatic hydroxyl groups excluding tert-OH is 1. The molecule has 0 spiro atoms. The predicted octanol–water partition coefficient (Wildman–Crippen LogP) is 3.61. The Morgan fingerprint density at radius 3 is 2.53 bits per heavy atom. The quantitative estimate of drug-likeness (QED) is 0.143. The molecule has 0 fully saturated rings. The van der Waals surface area contributed by atoms with E-state index in [2.05, 4.69) is 15.3 Å². The maximum atomic E-state index is 12.9. The van der Waals surface area contributed by atoms with Crippen LogP contribution in [0.5, 0.6) is 0 Å². The van der Waals surface area contributed by atoms with Crippen molar-refractivity contribution in [3.05, 3.63) is 94.0 Å². The zero-order chi connectivity index (χ0) is 26.1. The molecule has 0 aliphatic rings. The van der Waals surface area contributed by atoms with Crippen molar-refractivity contribution in [2.45, 2.75) is 26.0 Å². The molecule has 0 saturated heterocycles. The number of carbonyl (C=O) groups excluding carboxylic acids is 1. The molecule has 1 aromatic carbocycles. The number of pyridine rings is 2. The van der Waals surface area contributed by atoms with Crippen LogP contribution in [0.4, 0.5) is 0 Å². The van der Waals surface area contributed by atoms with Crippen LogP contribution in [0, 0.1) is 10.8 Å². The predicted molar refractivity (Wildman–Crippen MR) is 139 cm³/mol. The fourth-order valence-corrected chi connectivity index (χ4v) is 3.58. The van der Waals surface area contributed by atoms with E-state index >= 15 is 0 Å². The lowest BCUT2D eigenvalue weighted by atomic mass is 10.1. The zero-order valence-corrected chi connectivity index (χ0v) is 20.9. The van der Waals surface area contributed by atoms with Crippen molar-refractivity contribution < 1.29 is 14.6 Å². The maximum Gasteiger partial charge on any atom is 0.253 e. The number of aromatic nitrogens is 2. The Morgan fingerprint density at radius 2 is 1.86 bits per heavy atom. The van der Waals surface area contributed by atoms with Gasteiger partial charge in [-0.2, -0.15) is 0 Å². The van der Waals surface area contributed by atoms with Gasteiger partial charge in [0, 0.05) is 56.8 Å². The van der Waals surface area contributed by atoms with Crippen molar-refractivity contribution in [2.24, 2.45) is 0 Å². The Kier molecular flexibility index (Phi) is 9.63. The van der Waals surface area contributed by atoms with Crippen molar-refractivity contribution in [1.82, 2.24) is 20.2 Å². The van der Waals surface area contributed by atoms with Crippen LogP contribution in [0.3, 0.4) is 0 Å². The minimum absolute atomic E-state index is 0.0787. The van der Waals surface area contributed by atoms with Crippen LogP contribution in [-0.2, 0) is 17.7 Å². The molecule has 0 radical (unpaired) electrons. The van der Waals surface area contributed by atoms with Gasteiger partial charge in [0.2, 0.25) is 5.90 Å². The van der Waals surface area contributed by atoms with Crippen molar-refractivity contribution in [3.8, 4) is 0 Å². The molecule has 0 aliphatic heterocycles. The number of aliphatic hydroxyl groups is 1. The number of nitrogens with one attached hydrogen (secondary N) is 3. The molecule has 9 nitrogen and oxygen atoms in total. The fraction of sp³-hybridized carbons (Fsp3) is 0.269. The smallest absolute Gasteiger partial charge is 0.253 e. The van der Waals surface area contributed by atoms with E-state index in [-0.39, 0.29) is 17.7 Å². The van der Waals surface area contributed by atoms with Crippen LogP contribution in [0.25, 0.3) is 0 Å². The summed E-state index contributed by atoms with van der Waals surface area (Å²) in [6.07, 6.45) is 4.76. The molecule has 3 aromatic rings. The van der Waals surface area contributed by atoms with E-state index in [4.69, 9.17) is 27.2 Å². The molecule has 10 heteroatoms. The molecule has 1 amide bonds. The number of hydrogen-bond acceptors (Lipinski definition) is 8. The maximum absolute atomic E-state index is 12.9. The molecule has 4 N–H and O–H groups in total. The summed E-state index contributed by atoms with van der Waals surface area (Å²) in [7, 11) is 1.71. The first kappa shape index (κ1) is 26.9. The molecule has 1 atom stereocenters. The standard InChI is InChI=1S/C26H29ClN6O3/c1-17(28)36-25(29)22-11-19(12-31-13-22)16-33(2)26(35)20-5-3-18(4-6-20)9-10-30-15-23(34)21-7-8-24(27)32-14-21/h3-8,11-14,23,28-30,34H,9-10,15-16H2,1-2H3/t23-/m0/s1. The van der Waals surface area contributed by atoms with Gasteiger partial charge in [-0.15, -0.1) is 0 Å². The van der Waals surface area contributed by atoms with Crippen molar-refractivity contribution in [1.29, 1.82) is 10.8 Å². The number of halogens is 1. The highest BCUT2D eigenvalue weighted by molar-refractivity contribution is 6.29. The first-order chi connectivity index (χ1) is 17.2. The summed E-state index contributed by atoms with van der Waals surface area (Å²) in [6, 6.07) is 12.6. The van der Waals surface area contributed by atoms with Gasteiger partial charge in [-0.1, -0.05) is 29.8 Å². The Labute approximate surface area is 215 Å². The van der Waals surface area contributed by atoms with Crippen LogP contribution in [0.1, 0.15) is 45.6 Å². The molecule has 0 saturated carbocycles. The second-order valence-corrected chi connectivity index (χ2v) is 8.70. The molecule has 0 unspecified atom stereocenters. The van der Waals surface area contributed by atoms with Crippen molar-refractivity contribution in [3.63, 3.8) is 0 Å². The molecule has 2 heterocycles. The van der Waals surface area contributed by atoms with E-state index < -0.39 is 6.10 Å². The average Bonchev–Trinajstić information content (AvgIpc) is 2.86. The highest BCUT2D eigenvalue weighted by atomic mass is 35.5. The van der Waals surface area contributed by atoms with Crippen LogP contribution in [0.2, 0.25) is 5.15 Å². The zero-order valence-electron chi connectivity index (χ0n) is 20.2. The molecule has 0 bridgehead atoms. The van der Waals surface area contributed by atoms with Crippen molar-refractivity contribution in [2.75, 3.05) is 20.1 Å². The number of hydrogen-bond donors (Lipinski definition) is 4. The summed E-state index contributed by atoms with van der Waals surface area (Å²) in [4.78, 5) is 22.5. The van der Waals surface area contributed by atoms with Gasteiger partial charge in [0.25, 0.3) is 5.91 Å². The molecule has 0 aliphatic carbocycles. The van der Waals surface area contributed by atoms with Gasteiger partial charge in [-0.25, -0.2) is 4.98 Å². The van der Waals surface area contributed by atoms with E-state index in [1.807, 2.05) is 12.1 Å². The SMILES string of the molecule is CC(=N)OC(=N)c1cncc(CN(C)C(=O)c2ccc(CCNC[C@H](O)c3ccc(Cl)nc3)cc2)c1. The monoisotopic (exact) mass is 508 g/mol. The molecular formula is C26H29ClN6O3. The highest BCUT2D eigenvalue weighted by Gasteiger charge is 2.14. The summed E-state index contributed by atoms with van der Waals surface area (Å²) in [5.41, 5.74) is 3.53. The Bertz CT molecular complexity index is 1200. The topological polar surface area (TPSA) is 135 Å². The first-order valence-corrected chi connectivity index (χ1v) is 11.7. The number of carbonyl (C=O) groups is 1. The van der Waals surface area contributed by atoms with Crippen LogP contribution < -0.4 is 5.32 Å². The third kappa shape index (κ3) is 7.94. The largest absolute Gasteiger partial charge is 0.425 e. The van der Waals surface area contributed by atoms with E-state index in [0.717, 1.165) is 17.5 Å². The van der Waals surface area contributed by atoms with Gasteiger partial charge in [-0.3, -0.25) is 20.6 Å². The number of ether oxygens (including phenoxy) is 1. The van der Waals surface area contributed by atoms with E-state index in [9.17, 15) is 9.90 Å². The third-order valence-electron chi connectivity index (χ3n) is 5.34. The molecule has 2 aromatic heterocycles.